The number of carbonyl (C=O) groups is 2. The number of thiocarbonyl (C=S) groups is 1. The molecule has 18 heteroatoms. The summed E-state index contributed by atoms with van der Waals surface area (Å²) in [5, 5.41) is 21.5. The van der Waals surface area contributed by atoms with Crippen molar-refractivity contribution in [3.05, 3.63) is 80.8 Å². The molecular formula is C28H24N4O12S2. The molecule has 16 nitrogen and oxygen atoms in total. The van der Waals surface area contributed by atoms with Gasteiger partial charge in [-0.25, -0.2) is 0 Å². The van der Waals surface area contributed by atoms with E-state index in [-0.39, 0.29) is 42.5 Å². The number of anilines is 1. The van der Waals surface area contributed by atoms with Gasteiger partial charge in [0.15, 0.2) is 28.4 Å². The van der Waals surface area contributed by atoms with Crippen LogP contribution in [0.4, 0.5) is 5.69 Å². The van der Waals surface area contributed by atoms with Crippen molar-refractivity contribution >= 4 is 56.8 Å². The minimum Gasteiger partial charge on any atom is -0.480 e. The van der Waals surface area contributed by atoms with Crippen LogP contribution in [0.3, 0.4) is 0 Å². The van der Waals surface area contributed by atoms with Gasteiger partial charge in [-0.1, -0.05) is 30.3 Å². The number of aliphatic carboxylic acids is 1. The van der Waals surface area contributed by atoms with E-state index in [1.54, 1.807) is 29.2 Å². The maximum Gasteiger partial charge on any atom is 0.323 e. The van der Waals surface area contributed by atoms with Gasteiger partial charge in [0, 0.05) is 30.7 Å². The van der Waals surface area contributed by atoms with Crippen LogP contribution in [0.5, 0.6) is 17.2 Å². The zero-order valence-electron chi connectivity index (χ0n) is 23.5. The molecule has 4 heterocycles. The number of hydrogen-bond donors (Lipinski definition) is 4. The van der Waals surface area contributed by atoms with Crippen LogP contribution >= 0.6 is 12.2 Å². The average molecular weight is 673 g/mol. The molecule has 0 atom stereocenters. The highest BCUT2D eigenvalue weighted by Gasteiger charge is 2.34. The Hall–Kier alpha value is -5.17. The summed E-state index contributed by atoms with van der Waals surface area (Å²) in [6.07, 6.45) is 1.45. The van der Waals surface area contributed by atoms with E-state index in [1.807, 2.05) is 18.2 Å². The highest BCUT2D eigenvalue weighted by Crippen LogP contribution is 2.48. The average Bonchev–Trinajstić information content (AvgIpc) is 3.74. The van der Waals surface area contributed by atoms with Gasteiger partial charge in [0.25, 0.3) is 15.7 Å². The molecule has 0 radical (unpaired) electrons. The van der Waals surface area contributed by atoms with E-state index in [4.69, 9.17) is 30.8 Å². The lowest BCUT2D eigenvalue weighted by atomic mass is 10.0. The Labute approximate surface area is 264 Å². The van der Waals surface area contributed by atoms with Gasteiger partial charge in [-0.3, -0.25) is 28.7 Å². The van der Waals surface area contributed by atoms with Crippen molar-refractivity contribution < 1.29 is 51.5 Å². The van der Waals surface area contributed by atoms with Crippen LogP contribution < -0.4 is 40.9 Å². The van der Waals surface area contributed by atoms with Gasteiger partial charge >= 0.3 is 11.9 Å². The van der Waals surface area contributed by atoms with Crippen LogP contribution in [0.1, 0.15) is 12.0 Å². The Morgan fingerprint density at radius 2 is 1.80 bits per heavy atom. The maximum absolute atomic E-state index is 13.6. The number of allylic oxidation sites excluding steroid dienone is 1. The number of aromatic nitrogens is 1. The summed E-state index contributed by atoms with van der Waals surface area (Å²) in [5.74, 6) is -1.67. The predicted octanol–water partition coefficient (Wildman–Crippen LogP) is -0.120. The van der Waals surface area contributed by atoms with Gasteiger partial charge in [-0.05, 0) is 30.3 Å². The van der Waals surface area contributed by atoms with E-state index < -0.39 is 56.2 Å². The number of carboxylic acid groups (broad SMARTS) is 1. The van der Waals surface area contributed by atoms with Gasteiger partial charge < -0.3 is 34.0 Å². The monoisotopic (exact) mass is 672 g/mol. The predicted molar refractivity (Wildman–Crippen MR) is 161 cm³/mol. The topological polar surface area (TPSA) is 210 Å². The fraction of sp³-hybridized carbons (Fsp3) is 0.214. The number of oxazole rings is 1. The normalized spacial score (nSPS) is 18.2. The first-order chi connectivity index (χ1) is 21.9. The number of fused-ring (bicyclic) bond motifs is 2. The Balaban J connectivity index is 1.56. The maximum atomic E-state index is 13.6. The standard InChI is InChI=1S/C28H24N4O12S2/c33-22(34)13-31-24(35)21(44-27(31)23-25(36)32(37)28(45)29-23)10-16(9-15-5-2-1-3-6-15)26-30(7-4-8-46(38,39)40)17-11-19-20(42-14-41-19)12-18(17)43-26/h1-3,5-6,10-12,37H,4,7-9,13-14H2,(H,29,45)(H,33,34)(H,38,39,40). The lowest BCUT2D eigenvalue weighted by Gasteiger charge is -2.20. The second kappa shape index (κ2) is 12.0. The number of hydroxylamine groups is 2. The highest BCUT2D eigenvalue weighted by molar-refractivity contribution is 7.85. The van der Waals surface area contributed by atoms with Crippen LogP contribution in [0.15, 0.2) is 63.1 Å². The van der Waals surface area contributed by atoms with Gasteiger partial charge in [0.1, 0.15) is 6.54 Å². The van der Waals surface area contributed by atoms with Gasteiger partial charge in [-0.2, -0.15) is 13.5 Å². The first-order valence-electron chi connectivity index (χ1n) is 13.5. The number of nitrogens with zero attached hydrogens (tertiary/aromatic N) is 3. The number of rotatable bonds is 9. The van der Waals surface area contributed by atoms with Crippen molar-refractivity contribution in [1.29, 1.82) is 0 Å². The van der Waals surface area contributed by atoms with Crippen LogP contribution in [-0.4, -0.2) is 69.0 Å². The molecule has 0 unspecified atom stereocenters. The SMILES string of the molecule is O=C(O)Cn1c(=C2NC(=S)N(O)C2=O)oc(=CC(Cc2ccccc2)=C2Oc3cc4c(cc3N2CCCS(=O)(=O)O)OCO4)c1=O. The van der Waals surface area contributed by atoms with Gasteiger partial charge in [0.05, 0.1) is 11.4 Å². The first kappa shape index (κ1) is 30.8. The molecule has 2 aromatic carbocycles. The molecule has 3 aromatic rings. The second-order valence-corrected chi connectivity index (χ2v) is 12.1. The molecule has 0 bridgehead atoms. The first-order valence-corrected chi connectivity index (χ1v) is 15.5. The van der Waals surface area contributed by atoms with Crippen LogP contribution in [0, 0.1) is 0 Å². The number of benzene rings is 2. The fourth-order valence-corrected chi connectivity index (χ4v) is 5.72. The van der Waals surface area contributed by atoms with Crippen LogP contribution in [0.25, 0.3) is 11.8 Å². The van der Waals surface area contributed by atoms with Gasteiger partial charge in [-0.15, -0.1) is 0 Å². The minimum absolute atomic E-state index is 0.00467. The number of amides is 1. The highest BCUT2D eigenvalue weighted by atomic mass is 32.2. The molecule has 240 valence electrons. The number of ether oxygens (including phenoxy) is 3. The Morgan fingerprint density at radius 1 is 1.09 bits per heavy atom. The number of hydrogen-bond acceptors (Lipinski definition) is 12. The quantitative estimate of drug-likeness (QED) is 0.133. The third kappa shape index (κ3) is 6.05. The van der Waals surface area contributed by atoms with Crippen molar-refractivity contribution in [2.45, 2.75) is 19.4 Å². The Kier molecular flexibility index (Phi) is 8.03. The smallest absolute Gasteiger partial charge is 0.323 e. The summed E-state index contributed by atoms with van der Waals surface area (Å²) in [5.41, 5.74) is -0.635. The molecule has 1 amide bonds. The number of nitrogens with one attached hydrogen (secondary N) is 1. The molecule has 1 fully saturated rings. The van der Waals surface area contributed by atoms with E-state index in [2.05, 4.69) is 5.32 Å². The molecule has 1 saturated heterocycles. The molecule has 4 N–H and O–H groups in total. The lowest BCUT2D eigenvalue weighted by molar-refractivity contribution is -0.140. The third-order valence-corrected chi connectivity index (χ3v) is 8.12. The van der Waals surface area contributed by atoms with E-state index in [0.29, 0.717) is 33.1 Å². The molecule has 46 heavy (non-hydrogen) atoms. The van der Waals surface area contributed by atoms with Crippen molar-refractivity contribution in [3.63, 3.8) is 0 Å². The minimum atomic E-state index is -4.28. The van der Waals surface area contributed by atoms with E-state index in [1.165, 1.54) is 6.08 Å². The molecular weight excluding hydrogens is 648 g/mol. The molecule has 3 aliphatic rings. The van der Waals surface area contributed by atoms with E-state index in [9.17, 15) is 37.7 Å². The zero-order valence-corrected chi connectivity index (χ0v) is 25.2. The summed E-state index contributed by atoms with van der Waals surface area (Å²) in [7, 11) is -4.28. The third-order valence-electron chi connectivity index (χ3n) is 7.04. The molecule has 1 aromatic heterocycles. The summed E-state index contributed by atoms with van der Waals surface area (Å²) in [6.45, 7) is -0.849. The van der Waals surface area contributed by atoms with Crippen LogP contribution in [-0.2, 0) is 32.7 Å². The summed E-state index contributed by atoms with van der Waals surface area (Å²) >= 11 is 4.89. The lowest BCUT2D eigenvalue weighted by Crippen LogP contribution is -2.36. The van der Waals surface area contributed by atoms with Crippen molar-refractivity contribution in [1.82, 2.24) is 14.9 Å². The van der Waals surface area contributed by atoms with Crippen molar-refractivity contribution in [2.75, 3.05) is 24.0 Å². The zero-order chi connectivity index (χ0) is 32.7. The second-order valence-electron chi connectivity index (χ2n) is 10.2. The molecule has 6 rings (SSSR count). The molecule has 0 spiro atoms. The van der Waals surface area contributed by atoms with Crippen molar-refractivity contribution in [2.24, 2.45) is 0 Å². The molecule has 0 aliphatic carbocycles. The van der Waals surface area contributed by atoms with E-state index >= 15 is 0 Å². The van der Waals surface area contributed by atoms with E-state index in [0.717, 1.165) is 5.56 Å². The number of carboxylic acids is 1. The van der Waals surface area contributed by atoms with Crippen LogP contribution in [0.2, 0.25) is 0 Å². The largest absolute Gasteiger partial charge is 0.480 e. The summed E-state index contributed by atoms with van der Waals surface area (Å²) in [6, 6.07) is 12.3. The van der Waals surface area contributed by atoms with Gasteiger partial charge in [0.2, 0.25) is 23.3 Å². The summed E-state index contributed by atoms with van der Waals surface area (Å²) in [4.78, 5) is 39.5. The fourth-order valence-electron chi connectivity index (χ4n) is 5.04. The Bertz CT molecular complexity index is 2100. The van der Waals surface area contributed by atoms with Crippen molar-refractivity contribution in [3.8, 4) is 17.2 Å². The molecule has 3 aliphatic heterocycles. The summed E-state index contributed by atoms with van der Waals surface area (Å²) < 4.78 is 56.2. The number of carbonyl (C=O) groups excluding carboxylic acids is 1. The molecule has 0 saturated carbocycles. The Morgan fingerprint density at radius 3 is 2.46 bits per heavy atom.